The first-order valence-corrected chi connectivity index (χ1v) is 8.65. The maximum atomic E-state index is 12.2. The zero-order valence-electron chi connectivity index (χ0n) is 14.3. The van der Waals surface area contributed by atoms with Crippen LogP contribution in [0, 0.1) is 12.8 Å². The summed E-state index contributed by atoms with van der Waals surface area (Å²) < 4.78 is 5.47. The molecule has 2 aromatic rings. The number of carbonyl (C=O) groups excluding carboxylic acids is 1. The molecule has 1 amide bonds. The van der Waals surface area contributed by atoms with Crippen molar-refractivity contribution >= 4 is 22.6 Å². The molecule has 0 radical (unpaired) electrons. The molecule has 1 aliphatic carbocycles. The highest BCUT2D eigenvalue weighted by Crippen LogP contribution is 2.32. The van der Waals surface area contributed by atoms with Crippen molar-refractivity contribution in [1.82, 2.24) is 9.88 Å². The minimum atomic E-state index is 0.307. The summed E-state index contributed by atoms with van der Waals surface area (Å²) in [5.41, 5.74) is 2.11. The van der Waals surface area contributed by atoms with Crippen molar-refractivity contribution in [2.24, 2.45) is 5.92 Å². The van der Waals surface area contributed by atoms with E-state index >= 15 is 0 Å². The highest BCUT2D eigenvalue weighted by molar-refractivity contribution is 5.89. The lowest BCUT2D eigenvalue weighted by molar-refractivity contribution is -0.132. The van der Waals surface area contributed by atoms with E-state index in [4.69, 9.17) is 9.72 Å². The first kappa shape index (κ1) is 15.2. The van der Waals surface area contributed by atoms with Crippen LogP contribution in [0.3, 0.4) is 0 Å². The van der Waals surface area contributed by atoms with Crippen LogP contribution in [-0.2, 0) is 4.79 Å². The van der Waals surface area contributed by atoms with Gasteiger partial charge in [-0.3, -0.25) is 4.79 Å². The van der Waals surface area contributed by atoms with Gasteiger partial charge in [-0.15, -0.1) is 0 Å². The van der Waals surface area contributed by atoms with Gasteiger partial charge in [0.2, 0.25) is 5.91 Å². The van der Waals surface area contributed by atoms with Crippen LogP contribution in [0.25, 0.3) is 10.9 Å². The van der Waals surface area contributed by atoms with E-state index in [0.29, 0.717) is 11.8 Å². The molecule has 0 spiro atoms. The summed E-state index contributed by atoms with van der Waals surface area (Å²) >= 11 is 0. The number of para-hydroxylation sites is 1. The van der Waals surface area contributed by atoms with Crippen LogP contribution in [0.5, 0.6) is 5.75 Å². The quantitative estimate of drug-likeness (QED) is 0.870. The van der Waals surface area contributed by atoms with Crippen molar-refractivity contribution in [2.45, 2.75) is 19.8 Å². The molecule has 2 aliphatic rings. The maximum absolute atomic E-state index is 12.2. The van der Waals surface area contributed by atoms with Gasteiger partial charge >= 0.3 is 0 Å². The first-order chi connectivity index (χ1) is 11.7. The van der Waals surface area contributed by atoms with Crippen LogP contribution in [0.2, 0.25) is 0 Å². The van der Waals surface area contributed by atoms with Crippen LogP contribution >= 0.6 is 0 Å². The Bertz CT molecular complexity index is 778. The number of pyridine rings is 1. The normalized spacial score (nSPS) is 18.1. The van der Waals surface area contributed by atoms with Gasteiger partial charge in [-0.05, 0) is 37.5 Å². The molecule has 1 aromatic carbocycles. The summed E-state index contributed by atoms with van der Waals surface area (Å²) in [4.78, 5) is 21.3. The van der Waals surface area contributed by atoms with E-state index in [1.165, 1.54) is 5.56 Å². The smallest absolute Gasteiger partial charge is 0.225 e. The van der Waals surface area contributed by atoms with Crippen LogP contribution < -0.4 is 9.64 Å². The van der Waals surface area contributed by atoms with Crippen molar-refractivity contribution in [3.05, 3.63) is 29.8 Å². The summed E-state index contributed by atoms with van der Waals surface area (Å²) in [6.45, 7) is 5.37. The fraction of sp³-hybridized carbons (Fsp3) is 0.474. The largest absolute Gasteiger partial charge is 0.494 e. The number of rotatable bonds is 3. The number of aromatic nitrogens is 1. The van der Waals surface area contributed by atoms with Crippen molar-refractivity contribution in [3.8, 4) is 5.75 Å². The number of methoxy groups -OCH3 is 1. The van der Waals surface area contributed by atoms with Crippen molar-refractivity contribution < 1.29 is 9.53 Å². The summed E-state index contributed by atoms with van der Waals surface area (Å²) in [5.74, 6) is 2.43. The third-order valence-corrected chi connectivity index (χ3v) is 5.06. The predicted octanol–water partition coefficient (Wildman–Crippen LogP) is 2.61. The second-order valence-corrected chi connectivity index (χ2v) is 6.74. The van der Waals surface area contributed by atoms with Crippen LogP contribution in [-0.4, -0.2) is 49.1 Å². The summed E-state index contributed by atoms with van der Waals surface area (Å²) in [6.07, 6.45) is 2.15. The molecule has 2 fully saturated rings. The van der Waals surface area contributed by atoms with Crippen LogP contribution in [0.1, 0.15) is 18.4 Å². The first-order valence-electron chi connectivity index (χ1n) is 8.65. The molecule has 5 nitrogen and oxygen atoms in total. The number of benzene rings is 1. The van der Waals surface area contributed by atoms with Crippen molar-refractivity contribution in [3.63, 3.8) is 0 Å². The maximum Gasteiger partial charge on any atom is 0.225 e. The Balaban J connectivity index is 1.57. The standard InChI is InChI=1S/C19H23N3O2/c1-13-12-17(20-18-15(13)4-3-5-16(18)24-2)21-8-10-22(11-9-21)19(23)14-6-7-14/h3-5,12,14H,6-11H2,1-2H3. The number of hydrogen-bond donors (Lipinski definition) is 0. The fourth-order valence-corrected chi connectivity index (χ4v) is 3.45. The Hall–Kier alpha value is -2.30. The van der Waals surface area contributed by atoms with E-state index in [9.17, 15) is 4.79 Å². The number of hydrogen-bond acceptors (Lipinski definition) is 4. The molecular weight excluding hydrogens is 302 g/mol. The molecule has 1 saturated heterocycles. The van der Waals surface area contributed by atoms with Gasteiger partial charge < -0.3 is 14.5 Å². The van der Waals surface area contributed by atoms with Gasteiger partial charge in [0.1, 0.15) is 17.1 Å². The lowest BCUT2D eigenvalue weighted by Gasteiger charge is -2.35. The molecule has 0 atom stereocenters. The number of ether oxygens (including phenoxy) is 1. The Labute approximate surface area is 142 Å². The highest BCUT2D eigenvalue weighted by atomic mass is 16.5. The van der Waals surface area contributed by atoms with E-state index < -0.39 is 0 Å². The highest BCUT2D eigenvalue weighted by Gasteiger charge is 2.34. The third-order valence-electron chi connectivity index (χ3n) is 5.06. The van der Waals surface area contributed by atoms with Gasteiger partial charge in [0.25, 0.3) is 0 Å². The molecule has 24 heavy (non-hydrogen) atoms. The van der Waals surface area contributed by atoms with Gasteiger partial charge in [0.05, 0.1) is 7.11 Å². The second kappa shape index (κ2) is 5.96. The van der Waals surface area contributed by atoms with E-state index in [1.807, 2.05) is 17.0 Å². The monoisotopic (exact) mass is 325 g/mol. The van der Waals surface area contributed by atoms with Crippen LogP contribution in [0.4, 0.5) is 5.82 Å². The zero-order chi connectivity index (χ0) is 16.7. The van der Waals surface area contributed by atoms with Crippen LogP contribution in [0.15, 0.2) is 24.3 Å². The van der Waals surface area contributed by atoms with Crippen molar-refractivity contribution in [2.75, 3.05) is 38.2 Å². The van der Waals surface area contributed by atoms with Gasteiger partial charge in [0, 0.05) is 37.5 Å². The number of piperazine rings is 1. The number of carbonyl (C=O) groups is 1. The minimum Gasteiger partial charge on any atom is -0.494 e. The molecule has 0 unspecified atom stereocenters. The Kier molecular flexibility index (Phi) is 3.79. The van der Waals surface area contributed by atoms with Gasteiger partial charge in [-0.25, -0.2) is 4.98 Å². The average Bonchev–Trinajstić information content (AvgIpc) is 3.46. The fourth-order valence-electron chi connectivity index (χ4n) is 3.45. The lowest BCUT2D eigenvalue weighted by atomic mass is 10.1. The van der Waals surface area contributed by atoms with Gasteiger partial charge in [0.15, 0.2) is 0 Å². The molecule has 1 aliphatic heterocycles. The zero-order valence-corrected chi connectivity index (χ0v) is 14.3. The molecule has 126 valence electrons. The van der Waals surface area contributed by atoms with E-state index in [2.05, 4.69) is 24.0 Å². The molecule has 5 heteroatoms. The summed E-state index contributed by atoms with van der Waals surface area (Å²) in [6, 6.07) is 8.17. The predicted molar refractivity (Wildman–Crippen MR) is 94.5 cm³/mol. The number of aryl methyl sites for hydroxylation is 1. The van der Waals surface area contributed by atoms with Crippen molar-refractivity contribution in [1.29, 1.82) is 0 Å². The molecule has 0 N–H and O–H groups in total. The molecule has 1 aromatic heterocycles. The third kappa shape index (κ3) is 2.68. The molecular formula is C19H23N3O2. The molecule has 2 heterocycles. The van der Waals surface area contributed by atoms with E-state index in [-0.39, 0.29) is 0 Å². The Morgan fingerprint density at radius 1 is 1.21 bits per heavy atom. The average molecular weight is 325 g/mol. The molecule has 1 saturated carbocycles. The second-order valence-electron chi connectivity index (χ2n) is 6.74. The minimum absolute atomic E-state index is 0.307. The van der Waals surface area contributed by atoms with E-state index in [0.717, 1.165) is 61.5 Å². The number of nitrogens with zero attached hydrogens (tertiary/aromatic N) is 3. The van der Waals surface area contributed by atoms with E-state index in [1.54, 1.807) is 7.11 Å². The summed E-state index contributed by atoms with van der Waals surface area (Å²) in [7, 11) is 1.68. The van der Waals surface area contributed by atoms with Gasteiger partial charge in [-0.1, -0.05) is 12.1 Å². The SMILES string of the molecule is COc1cccc2c(C)cc(N3CCN(C(=O)C4CC4)CC3)nc12. The Morgan fingerprint density at radius 2 is 1.96 bits per heavy atom. The molecule has 0 bridgehead atoms. The topological polar surface area (TPSA) is 45.7 Å². The lowest BCUT2D eigenvalue weighted by Crippen LogP contribution is -2.49. The summed E-state index contributed by atoms with van der Waals surface area (Å²) in [5, 5.41) is 1.13. The number of anilines is 1. The number of fused-ring (bicyclic) bond motifs is 1. The molecule has 4 rings (SSSR count). The number of amides is 1. The van der Waals surface area contributed by atoms with Gasteiger partial charge in [-0.2, -0.15) is 0 Å². The Morgan fingerprint density at radius 3 is 2.62 bits per heavy atom.